The minimum absolute atomic E-state index is 2.07. The van der Waals surface area contributed by atoms with Gasteiger partial charge in [0, 0.05) is 0 Å². The van der Waals surface area contributed by atoms with Crippen LogP contribution in [0.2, 0.25) is 14.6 Å². The van der Waals surface area contributed by atoms with E-state index in [2.05, 4.69) is 39.8 Å². The van der Waals surface area contributed by atoms with Gasteiger partial charge in [-0.1, -0.05) is 0 Å². The van der Waals surface area contributed by atoms with Crippen molar-refractivity contribution in [1.82, 2.24) is 0 Å². The average molecular weight is 327 g/mol. The monoisotopic (exact) mass is 324 g/mol. The maximum absolute atomic E-state index is 3.60. The molecule has 0 spiro atoms. The maximum atomic E-state index is 3.60. The van der Waals surface area contributed by atoms with Crippen molar-refractivity contribution in [1.29, 1.82) is 0 Å². The molecule has 0 nitrogen and oxygen atoms in total. The summed E-state index contributed by atoms with van der Waals surface area (Å²) in [5.74, 6) is 0. The van der Waals surface area contributed by atoms with E-state index in [1.807, 2.05) is 0 Å². The topological polar surface area (TPSA) is 0 Å². The van der Waals surface area contributed by atoms with Crippen LogP contribution in [-0.2, 0) is 0 Å². The van der Waals surface area contributed by atoms with Crippen LogP contribution in [0, 0.1) is 0 Å². The molecule has 0 aliphatic carbocycles. The van der Waals surface area contributed by atoms with Gasteiger partial charge in [0.05, 0.1) is 0 Å². The summed E-state index contributed by atoms with van der Waals surface area (Å²) in [4.78, 5) is 6.73. The molecule has 0 radical (unpaired) electrons. The van der Waals surface area contributed by atoms with E-state index in [9.17, 15) is 0 Å². The van der Waals surface area contributed by atoms with Crippen LogP contribution in [-0.4, -0.2) is 12.9 Å². The normalized spacial score (nSPS) is 19.2. The van der Waals surface area contributed by atoms with Crippen molar-refractivity contribution >= 4 is 38.1 Å². The van der Waals surface area contributed by atoms with Gasteiger partial charge in [-0.25, -0.2) is 0 Å². The van der Waals surface area contributed by atoms with E-state index in [4.69, 9.17) is 0 Å². The third-order valence-electron chi connectivity index (χ3n) is 0. The van der Waals surface area contributed by atoms with Crippen molar-refractivity contribution in [2.75, 3.05) is 0 Å². The van der Waals surface area contributed by atoms with Crippen LogP contribution in [0.4, 0.5) is 0 Å². The molecule has 0 N–H and O–H groups in total. The zero-order chi connectivity index (χ0) is 5.45. The molecule has 0 fully saturated rings. The second kappa shape index (κ2) is 1.63. The van der Waals surface area contributed by atoms with Gasteiger partial charge in [0.2, 0.25) is 0 Å². The molecule has 0 aromatic carbocycles. The van der Waals surface area contributed by atoms with Gasteiger partial charge in [0.25, 0.3) is 0 Å². The molecule has 0 unspecified atom stereocenters. The second-order valence-corrected chi connectivity index (χ2v) is 55.9. The molecule has 0 amide bonds. The van der Waals surface area contributed by atoms with Gasteiger partial charge in [0.15, 0.2) is 0 Å². The van der Waals surface area contributed by atoms with Crippen molar-refractivity contribution in [3.05, 3.63) is 0 Å². The van der Waals surface area contributed by atoms with Crippen LogP contribution in [0.3, 0.4) is 0 Å². The summed E-state index contributed by atoms with van der Waals surface area (Å²) in [5, 5.41) is 0. The van der Waals surface area contributed by atoms with Crippen LogP contribution in [0.15, 0.2) is 0 Å². The Kier molecular flexibility index (Phi) is 2.11. The molecule has 0 heterocycles. The molecule has 0 bridgehead atoms. The molecular formula is C3H9Br2Sb. The van der Waals surface area contributed by atoms with E-state index in [0.29, 0.717) is 0 Å². The summed E-state index contributed by atoms with van der Waals surface area (Å²) in [6.45, 7) is 0. The molecule has 0 rings (SSSR count). The predicted octanol–water partition coefficient (Wildman–Crippen LogP) is 3.06. The molecule has 0 saturated carbocycles. The van der Waals surface area contributed by atoms with Gasteiger partial charge in [-0.15, -0.1) is 0 Å². The fourth-order valence-corrected chi connectivity index (χ4v) is 0. The van der Waals surface area contributed by atoms with Crippen LogP contribution < -0.4 is 0 Å². The molecule has 0 aromatic heterocycles. The Morgan fingerprint density at radius 2 is 1.00 bits per heavy atom. The molecule has 0 atom stereocenters. The Hall–Kier alpha value is 1.78. The first-order valence-corrected chi connectivity index (χ1v) is 20.8. The van der Waals surface area contributed by atoms with E-state index in [1.165, 1.54) is 0 Å². The van der Waals surface area contributed by atoms with Crippen molar-refractivity contribution in [2.24, 2.45) is 0 Å². The summed E-state index contributed by atoms with van der Waals surface area (Å²) in [6, 6.07) is 0. The molecule has 0 saturated heterocycles. The fraction of sp³-hybridized carbons (Fsp3) is 1.00. The second-order valence-electron chi connectivity index (χ2n) is 2.42. The van der Waals surface area contributed by atoms with Gasteiger partial charge in [-0.3, -0.25) is 0 Å². The van der Waals surface area contributed by atoms with Gasteiger partial charge in [-0.2, -0.15) is 0 Å². The Balaban J connectivity index is 3.73. The zero-order valence-electron chi connectivity index (χ0n) is 4.20. The number of rotatable bonds is 0. The van der Waals surface area contributed by atoms with Crippen LogP contribution in [0.5, 0.6) is 0 Å². The summed E-state index contributed by atoms with van der Waals surface area (Å²) >= 11 is 5.13. The van der Waals surface area contributed by atoms with Crippen LogP contribution >= 0.6 is 25.2 Å². The third-order valence-corrected chi connectivity index (χ3v) is 0. The summed E-state index contributed by atoms with van der Waals surface area (Å²) < 4.78 is 0. The van der Waals surface area contributed by atoms with Gasteiger partial charge < -0.3 is 0 Å². The third kappa shape index (κ3) is 41.7. The van der Waals surface area contributed by atoms with Crippen LogP contribution in [0.1, 0.15) is 0 Å². The number of hydrogen-bond acceptors (Lipinski definition) is 0. The predicted molar refractivity (Wildman–Crippen MR) is 41.2 cm³/mol. The molecule has 0 aliphatic rings. The SMILES string of the molecule is [CH3][Sb]([CH3])([CH3])([Br])[Br]. The van der Waals surface area contributed by atoms with E-state index in [-0.39, 0.29) is 0 Å². The van der Waals surface area contributed by atoms with Crippen LogP contribution in [0.25, 0.3) is 0 Å². The summed E-state index contributed by atoms with van der Waals surface area (Å²) in [5.41, 5.74) is 0. The molecule has 0 aromatic rings. The average Bonchev–Trinajstić information content (AvgIpc) is 0.650. The molecule has 3 heteroatoms. The molecule has 6 heavy (non-hydrogen) atoms. The van der Waals surface area contributed by atoms with Crippen molar-refractivity contribution in [3.63, 3.8) is 0 Å². The van der Waals surface area contributed by atoms with Gasteiger partial charge in [0.1, 0.15) is 0 Å². The molecular weight excluding hydrogens is 318 g/mol. The quantitative estimate of drug-likeness (QED) is 0.600. The van der Waals surface area contributed by atoms with E-state index < -0.39 is 12.9 Å². The van der Waals surface area contributed by atoms with Crippen molar-refractivity contribution in [2.45, 2.75) is 14.6 Å². The Bertz CT molecular complexity index is 42.0. The van der Waals surface area contributed by atoms with Crippen molar-refractivity contribution in [3.8, 4) is 0 Å². The minimum atomic E-state index is -2.07. The van der Waals surface area contributed by atoms with E-state index in [1.54, 1.807) is 0 Å². The van der Waals surface area contributed by atoms with Gasteiger partial charge in [-0.05, 0) is 0 Å². The van der Waals surface area contributed by atoms with E-state index >= 15 is 0 Å². The standard InChI is InChI=1S/3CH3.2BrH.Sb/h3*1H3;2*1H;/q;;;;;+2/p-2. The zero-order valence-corrected chi connectivity index (χ0v) is 9.93. The van der Waals surface area contributed by atoms with E-state index in [0.717, 1.165) is 0 Å². The first-order chi connectivity index (χ1) is 2.24. The summed E-state index contributed by atoms with van der Waals surface area (Å²) in [6.07, 6.45) is 0. The van der Waals surface area contributed by atoms with Crippen molar-refractivity contribution < 1.29 is 0 Å². The first-order valence-electron chi connectivity index (χ1n) is 1.68. The fourth-order valence-electron chi connectivity index (χ4n) is 0. The Morgan fingerprint density at radius 1 is 1.00 bits per heavy atom. The number of halogens is 2. The first kappa shape index (κ1) is 7.78. The summed E-state index contributed by atoms with van der Waals surface area (Å²) in [7, 11) is 0. The molecule has 0 aliphatic heterocycles. The molecule has 40 valence electrons. The number of hydrogen-bond donors (Lipinski definition) is 0. The Labute approximate surface area is 52.1 Å². The van der Waals surface area contributed by atoms with Gasteiger partial charge >= 0.3 is 52.7 Å². The Morgan fingerprint density at radius 3 is 1.00 bits per heavy atom.